The van der Waals surface area contributed by atoms with E-state index in [4.69, 9.17) is 4.74 Å². The molecule has 2 aromatic carbocycles. The highest BCUT2D eigenvalue weighted by Crippen LogP contribution is 2.16. The molecule has 0 heterocycles. The highest BCUT2D eigenvalue weighted by Gasteiger charge is 2.12. The molecule has 2 amide bonds. The monoisotopic (exact) mass is 418 g/mol. The van der Waals surface area contributed by atoms with Crippen LogP contribution in [0.15, 0.2) is 53.4 Å². The maximum atomic E-state index is 12.1. The molecule has 1 atom stereocenters. The van der Waals surface area contributed by atoms with E-state index in [1.807, 2.05) is 6.92 Å². The van der Waals surface area contributed by atoms with E-state index in [9.17, 15) is 18.0 Å². The number of sulfone groups is 1. The van der Waals surface area contributed by atoms with Gasteiger partial charge in [0.2, 0.25) is 5.91 Å². The Morgan fingerprint density at radius 1 is 1.03 bits per heavy atom. The van der Waals surface area contributed by atoms with Gasteiger partial charge in [-0.1, -0.05) is 12.1 Å². The van der Waals surface area contributed by atoms with Gasteiger partial charge in [-0.3, -0.25) is 9.59 Å². The van der Waals surface area contributed by atoms with Crippen LogP contribution < -0.4 is 15.4 Å². The molecule has 0 saturated heterocycles. The zero-order valence-corrected chi connectivity index (χ0v) is 17.6. The Balaban J connectivity index is 1.74. The normalized spacial score (nSPS) is 12.1. The minimum absolute atomic E-state index is 0.136. The molecule has 29 heavy (non-hydrogen) atoms. The zero-order chi connectivity index (χ0) is 21.4. The minimum atomic E-state index is -3.24. The van der Waals surface area contributed by atoms with Crippen molar-refractivity contribution in [2.45, 2.75) is 30.7 Å². The quantitative estimate of drug-likeness (QED) is 0.609. The number of ether oxygens (including phenoxy) is 1. The van der Waals surface area contributed by atoms with Gasteiger partial charge >= 0.3 is 0 Å². The van der Waals surface area contributed by atoms with Crippen molar-refractivity contribution in [2.75, 3.05) is 19.9 Å². The molecule has 0 bridgehead atoms. The summed E-state index contributed by atoms with van der Waals surface area (Å²) >= 11 is 0. The fourth-order valence-electron chi connectivity index (χ4n) is 2.70. The van der Waals surface area contributed by atoms with Crippen molar-refractivity contribution in [3.63, 3.8) is 0 Å². The van der Waals surface area contributed by atoms with Crippen LogP contribution in [-0.2, 0) is 14.6 Å². The molecule has 2 aromatic rings. The Hall–Kier alpha value is -2.87. The smallest absolute Gasteiger partial charge is 0.251 e. The van der Waals surface area contributed by atoms with Gasteiger partial charge in [-0.2, -0.15) is 0 Å². The Bertz CT molecular complexity index is 938. The van der Waals surface area contributed by atoms with Crippen LogP contribution >= 0.6 is 0 Å². The van der Waals surface area contributed by atoms with E-state index in [-0.39, 0.29) is 29.2 Å². The second kappa shape index (κ2) is 10.1. The second-order valence-corrected chi connectivity index (χ2v) is 8.73. The van der Waals surface area contributed by atoms with Gasteiger partial charge in [0.05, 0.1) is 18.0 Å². The Morgan fingerprint density at radius 2 is 1.66 bits per heavy atom. The number of methoxy groups -OCH3 is 1. The van der Waals surface area contributed by atoms with Crippen molar-refractivity contribution in [1.29, 1.82) is 0 Å². The number of carbonyl (C=O) groups excluding carboxylic acids is 2. The van der Waals surface area contributed by atoms with Gasteiger partial charge in [-0.15, -0.1) is 0 Å². The van der Waals surface area contributed by atoms with Crippen LogP contribution in [0.25, 0.3) is 0 Å². The highest BCUT2D eigenvalue weighted by atomic mass is 32.2. The zero-order valence-electron chi connectivity index (χ0n) is 16.8. The molecule has 1 unspecified atom stereocenters. The molecule has 0 aromatic heterocycles. The number of benzene rings is 2. The molecular weight excluding hydrogens is 392 g/mol. The van der Waals surface area contributed by atoms with Gasteiger partial charge in [0.15, 0.2) is 9.84 Å². The Morgan fingerprint density at radius 3 is 2.21 bits per heavy atom. The van der Waals surface area contributed by atoms with Crippen LogP contribution in [0, 0.1) is 0 Å². The molecule has 2 N–H and O–H groups in total. The van der Waals surface area contributed by atoms with Gasteiger partial charge in [-0.25, -0.2) is 8.42 Å². The average molecular weight is 419 g/mol. The van der Waals surface area contributed by atoms with E-state index in [0.717, 1.165) is 11.8 Å². The fraction of sp³-hybridized carbons (Fsp3) is 0.333. The average Bonchev–Trinajstić information content (AvgIpc) is 2.70. The maximum absolute atomic E-state index is 12.1. The number of hydrogen-bond acceptors (Lipinski definition) is 5. The summed E-state index contributed by atoms with van der Waals surface area (Å²) in [5.74, 6) is 0.342. The molecule has 8 heteroatoms. The first-order valence-corrected chi connectivity index (χ1v) is 11.1. The summed E-state index contributed by atoms with van der Waals surface area (Å²) < 4.78 is 28.1. The molecule has 0 fully saturated rings. The molecule has 0 spiro atoms. The molecule has 156 valence electrons. The third-order valence-electron chi connectivity index (χ3n) is 4.40. The van der Waals surface area contributed by atoms with E-state index in [2.05, 4.69) is 10.6 Å². The first-order chi connectivity index (χ1) is 13.7. The number of carbonyl (C=O) groups is 2. The van der Waals surface area contributed by atoms with Crippen molar-refractivity contribution in [3.05, 3.63) is 59.7 Å². The lowest BCUT2D eigenvalue weighted by Gasteiger charge is -2.15. The molecule has 0 aliphatic heterocycles. The predicted octanol–water partition coefficient (Wildman–Crippen LogP) is 2.49. The molecule has 0 saturated carbocycles. The summed E-state index contributed by atoms with van der Waals surface area (Å²) in [4.78, 5) is 24.4. The molecule has 2 rings (SSSR count). The van der Waals surface area contributed by atoms with E-state index >= 15 is 0 Å². The number of rotatable bonds is 9. The number of amides is 2. The van der Waals surface area contributed by atoms with Crippen molar-refractivity contribution in [1.82, 2.24) is 10.6 Å². The molecule has 0 aliphatic rings. The van der Waals surface area contributed by atoms with Crippen LogP contribution in [0.1, 0.15) is 41.7 Å². The molecule has 7 nitrogen and oxygen atoms in total. The van der Waals surface area contributed by atoms with Crippen molar-refractivity contribution in [3.8, 4) is 5.75 Å². The van der Waals surface area contributed by atoms with Crippen LogP contribution in [-0.4, -0.2) is 40.1 Å². The lowest BCUT2D eigenvalue weighted by Crippen LogP contribution is -2.29. The van der Waals surface area contributed by atoms with Gasteiger partial charge in [-0.05, 0) is 55.3 Å². The van der Waals surface area contributed by atoms with Gasteiger partial charge in [0, 0.05) is 24.8 Å². The van der Waals surface area contributed by atoms with Gasteiger partial charge in [0.1, 0.15) is 5.75 Å². The van der Waals surface area contributed by atoms with Crippen LogP contribution in [0.4, 0.5) is 0 Å². The summed E-state index contributed by atoms with van der Waals surface area (Å²) in [6, 6.07) is 13.0. The van der Waals surface area contributed by atoms with Crippen molar-refractivity contribution >= 4 is 21.7 Å². The van der Waals surface area contributed by atoms with E-state index in [1.54, 1.807) is 43.5 Å². The standard InChI is InChI=1S/C21H26N2O5S/c1-15(16-8-12-19(13-9-16)29(3,26)27)23-20(24)5-4-14-22-21(25)17-6-10-18(28-2)11-7-17/h6-13,15H,4-5,14H2,1-3H3,(H,22,25)(H,23,24). The largest absolute Gasteiger partial charge is 0.497 e. The first-order valence-electron chi connectivity index (χ1n) is 9.22. The lowest BCUT2D eigenvalue weighted by molar-refractivity contribution is -0.121. The Kier molecular flexibility index (Phi) is 7.78. The number of nitrogens with one attached hydrogen (secondary N) is 2. The predicted molar refractivity (Wildman–Crippen MR) is 111 cm³/mol. The van der Waals surface area contributed by atoms with Crippen LogP contribution in [0.3, 0.4) is 0 Å². The van der Waals surface area contributed by atoms with Crippen molar-refractivity contribution < 1.29 is 22.7 Å². The molecule has 0 aliphatic carbocycles. The summed E-state index contributed by atoms with van der Waals surface area (Å²) in [6.07, 6.45) is 1.93. The van der Waals surface area contributed by atoms with Crippen molar-refractivity contribution in [2.24, 2.45) is 0 Å². The van der Waals surface area contributed by atoms with Gasteiger partial charge in [0.25, 0.3) is 5.91 Å². The first kappa shape index (κ1) is 22.4. The maximum Gasteiger partial charge on any atom is 0.251 e. The summed E-state index contributed by atoms with van der Waals surface area (Å²) in [7, 11) is -1.68. The second-order valence-electron chi connectivity index (χ2n) is 6.72. The summed E-state index contributed by atoms with van der Waals surface area (Å²) in [5.41, 5.74) is 1.35. The van der Waals surface area contributed by atoms with E-state index < -0.39 is 9.84 Å². The fourth-order valence-corrected chi connectivity index (χ4v) is 3.33. The molecular formula is C21H26N2O5S. The number of hydrogen-bond donors (Lipinski definition) is 2. The molecule has 0 radical (unpaired) electrons. The third-order valence-corrected chi connectivity index (χ3v) is 5.53. The highest BCUT2D eigenvalue weighted by molar-refractivity contribution is 7.90. The SMILES string of the molecule is COc1ccc(C(=O)NCCCC(=O)NC(C)c2ccc(S(C)(=O)=O)cc2)cc1. The summed E-state index contributed by atoms with van der Waals surface area (Å²) in [6.45, 7) is 2.22. The topological polar surface area (TPSA) is 102 Å². The van der Waals surface area contributed by atoms with Crippen LogP contribution in [0.2, 0.25) is 0 Å². The minimum Gasteiger partial charge on any atom is -0.497 e. The third kappa shape index (κ3) is 6.90. The Labute approximate surface area is 171 Å². The van der Waals surface area contributed by atoms with E-state index in [0.29, 0.717) is 24.3 Å². The van der Waals surface area contributed by atoms with Gasteiger partial charge < -0.3 is 15.4 Å². The lowest BCUT2D eigenvalue weighted by atomic mass is 10.1. The van der Waals surface area contributed by atoms with E-state index in [1.165, 1.54) is 12.1 Å². The van der Waals surface area contributed by atoms with Crippen LogP contribution in [0.5, 0.6) is 5.75 Å². The summed E-state index contributed by atoms with van der Waals surface area (Å²) in [5, 5.41) is 5.65.